The van der Waals surface area contributed by atoms with Gasteiger partial charge in [-0.25, -0.2) is 9.37 Å². The Balaban J connectivity index is 2.74. The molecule has 0 bridgehead atoms. The van der Waals surface area contributed by atoms with Crippen LogP contribution >= 0.6 is 0 Å². The predicted octanol–water partition coefficient (Wildman–Crippen LogP) is 1.25. The molecule has 1 heterocycles. The Labute approximate surface area is 97.7 Å². The number of hydrogen-bond donors (Lipinski definition) is 2. The van der Waals surface area contributed by atoms with Crippen LogP contribution in [0.25, 0.3) is 0 Å². The van der Waals surface area contributed by atoms with Crippen molar-refractivity contribution in [3.63, 3.8) is 0 Å². The third-order valence-electron chi connectivity index (χ3n) is 2.48. The number of nitrogens with one attached hydrogen (secondary N) is 1. The Morgan fingerprint density at radius 2 is 2.24 bits per heavy atom. The van der Waals surface area contributed by atoms with Crippen molar-refractivity contribution in [3.05, 3.63) is 29.6 Å². The van der Waals surface area contributed by atoms with E-state index in [-0.39, 0.29) is 6.54 Å². The van der Waals surface area contributed by atoms with Gasteiger partial charge in [0.05, 0.1) is 11.2 Å². The quantitative estimate of drug-likeness (QED) is 0.783. The van der Waals surface area contributed by atoms with Crippen LogP contribution in [0.3, 0.4) is 0 Å². The molecule has 0 radical (unpaired) electrons. The zero-order valence-electron chi connectivity index (χ0n) is 9.63. The summed E-state index contributed by atoms with van der Waals surface area (Å²) in [5, 5.41) is 12.0. The third kappa shape index (κ3) is 3.45. The number of amides is 1. The Hall–Kier alpha value is -1.56. The first-order valence-electron chi connectivity index (χ1n) is 5.18. The summed E-state index contributed by atoms with van der Waals surface area (Å²) in [4.78, 5) is 14.6. The number of aliphatic hydroxyl groups is 1. The molecule has 1 rings (SSSR count). The number of nitrogens with zero attached hydrogens (tertiary/aromatic N) is 1. The minimum absolute atomic E-state index is 0.0360. The van der Waals surface area contributed by atoms with Gasteiger partial charge < -0.3 is 10.4 Å². The summed E-state index contributed by atoms with van der Waals surface area (Å²) in [6.45, 7) is 3.25. The van der Waals surface area contributed by atoms with Crippen LogP contribution in [0.15, 0.2) is 12.3 Å². The van der Waals surface area contributed by atoms with Crippen molar-refractivity contribution in [1.29, 1.82) is 0 Å². The first kappa shape index (κ1) is 13.5. The molecule has 1 amide bonds. The average molecular weight is 244 g/mol. The van der Waals surface area contributed by atoms with E-state index in [0.717, 1.165) is 12.3 Å². The number of pyridine rings is 1. The van der Waals surface area contributed by atoms with E-state index in [1.165, 1.54) is 6.92 Å². The van der Waals surface area contributed by atoms with Gasteiger partial charge >= 0.3 is 0 Å². The Morgan fingerprint density at radius 3 is 2.82 bits per heavy atom. The van der Waals surface area contributed by atoms with Gasteiger partial charge in [0.2, 0.25) is 5.95 Å². The van der Waals surface area contributed by atoms with E-state index in [1.54, 1.807) is 6.92 Å². The van der Waals surface area contributed by atoms with Crippen molar-refractivity contribution in [2.45, 2.75) is 25.9 Å². The molecule has 0 fully saturated rings. The van der Waals surface area contributed by atoms with E-state index in [0.29, 0.717) is 6.42 Å². The molecular formula is C11H14F2N2O2. The van der Waals surface area contributed by atoms with E-state index < -0.39 is 28.8 Å². The Morgan fingerprint density at radius 1 is 1.59 bits per heavy atom. The van der Waals surface area contributed by atoms with Crippen molar-refractivity contribution in [2.75, 3.05) is 6.54 Å². The molecule has 1 aromatic heterocycles. The lowest BCUT2D eigenvalue weighted by atomic mass is 10.0. The molecule has 0 aliphatic rings. The smallest absolute Gasteiger partial charge is 0.254 e. The summed E-state index contributed by atoms with van der Waals surface area (Å²) in [5.74, 6) is -3.39. The molecule has 2 N–H and O–H groups in total. The van der Waals surface area contributed by atoms with Crippen molar-refractivity contribution in [1.82, 2.24) is 10.3 Å². The summed E-state index contributed by atoms with van der Waals surface area (Å²) in [6, 6.07) is 1.08. The lowest BCUT2D eigenvalue weighted by molar-refractivity contribution is 0.0517. The van der Waals surface area contributed by atoms with Crippen LogP contribution in [0.5, 0.6) is 0 Å². The predicted molar refractivity (Wildman–Crippen MR) is 57.4 cm³/mol. The average Bonchev–Trinajstić information content (AvgIpc) is 2.30. The van der Waals surface area contributed by atoms with Crippen LogP contribution in [-0.2, 0) is 0 Å². The van der Waals surface area contributed by atoms with E-state index in [9.17, 15) is 18.7 Å². The first-order chi connectivity index (χ1) is 7.87. The topological polar surface area (TPSA) is 62.2 Å². The third-order valence-corrected chi connectivity index (χ3v) is 2.48. The van der Waals surface area contributed by atoms with Gasteiger partial charge in [-0.05, 0) is 19.4 Å². The Kier molecular flexibility index (Phi) is 4.11. The maximum absolute atomic E-state index is 13.2. The van der Waals surface area contributed by atoms with Gasteiger partial charge in [0.15, 0.2) is 5.82 Å². The van der Waals surface area contributed by atoms with E-state index in [1.807, 2.05) is 0 Å². The summed E-state index contributed by atoms with van der Waals surface area (Å²) < 4.78 is 26.0. The van der Waals surface area contributed by atoms with Crippen LogP contribution < -0.4 is 5.32 Å². The van der Waals surface area contributed by atoms with Crippen LogP contribution in [0.4, 0.5) is 8.78 Å². The number of aromatic nitrogens is 1. The minimum Gasteiger partial charge on any atom is -0.388 e. The molecule has 0 aliphatic heterocycles. The van der Waals surface area contributed by atoms with E-state index in [2.05, 4.69) is 10.3 Å². The number of hydrogen-bond acceptors (Lipinski definition) is 3. The molecule has 0 spiro atoms. The van der Waals surface area contributed by atoms with Crippen molar-refractivity contribution >= 4 is 5.91 Å². The summed E-state index contributed by atoms with van der Waals surface area (Å²) in [6.07, 6.45) is 1.44. The molecule has 0 aromatic carbocycles. The second-order valence-electron chi connectivity index (χ2n) is 4.00. The number of rotatable bonds is 4. The fraction of sp³-hybridized carbons (Fsp3) is 0.455. The molecule has 17 heavy (non-hydrogen) atoms. The second-order valence-corrected chi connectivity index (χ2v) is 4.00. The van der Waals surface area contributed by atoms with Crippen LogP contribution in [-0.4, -0.2) is 28.1 Å². The highest BCUT2D eigenvalue weighted by molar-refractivity contribution is 5.94. The van der Waals surface area contributed by atoms with Gasteiger partial charge in [-0.2, -0.15) is 4.39 Å². The second kappa shape index (κ2) is 5.18. The zero-order valence-corrected chi connectivity index (χ0v) is 9.63. The zero-order chi connectivity index (χ0) is 13.1. The highest BCUT2D eigenvalue weighted by atomic mass is 19.2. The van der Waals surface area contributed by atoms with Crippen LogP contribution in [0.1, 0.15) is 30.6 Å². The molecule has 0 saturated heterocycles. The highest BCUT2D eigenvalue weighted by Crippen LogP contribution is 2.10. The number of halogens is 2. The van der Waals surface area contributed by atoms with Crippen molar-refractivity contribution < 1.29 is 18.7 Å². The molecule has 94 valence electrons. The van der Waals surface area contributed by atoms with Gasteiger partial charge in [-0.15, -0.1) is 0 Å². The molecule has 1 atom stereocenters. The molecule has 0 saturated carbocycles. The molecule has 0 aliphatic carbocycles. The standard InChI is InChI=1S/C11H14F2N2O2/c1-3-11(2,17)6-15-10(16)7-4-5-14-9(13)8(7)12/h4-5,17H,3,6H2,1-2H3,(H,15,16). The van der Waals surface area contributed by atoms with E-state index >= 15 is 0 Å². The number of carbonyl (C=O) groups excluding carboxylic acids is 1. The molecule has 1 unspecified atom stereocenters. The van der Waals surface area contributed by atoms with Crippen molar-refractivity contribution in [2.24, 2.45) is 0 Å². The maximum Gasteiger partial charge on any atom is 0.254 e. The molecule has 1 aromatic rings. The van der Waals surface area contributed by atoms with Crippen molar-refractivity contribution in [3.8, 4) is 0 Å². The van der Waals surface area contributed by atoms with Gasteiger partial charge in [0, 0.05) is 12.7 Å². The van der Waals surface area contributed by atoms with Gasteiger partial charge in [-0.1, -0.05) is 6.92 Å². The molecular weight excluding hydrogens is 230 g/mol. The minimum atomic E-state index is -1.32. The highest BCUT2D eigenvalue weighted by Gasteiger charge is 2.21. The largest absolute Gasteiger partial charge is 0.388 e. The van der Waals surface area contributed by atoms with Gasteiger partial charge in [-0.3, -0.25) is 4.79 Å². The summed E-state index contributed by atoms with van der Waals surface area (Å²) in [5.41, 5.74) is -1.50. The summed E-state index contributed by atoms with van der Waals surface area (Å²) in [7, 11) is 0. The fourth-order valence-corrected chi connectivity index (χ4v) is 1.08. The van der Waals surface area contributed by atoms with Crippen LogP contribution in [0.2, 0.25) is 0 Å². The fourth-order valence-electron chi connectivity index (χ4n) is 1.08. The van der Waals surface area contributed by atoms with Gasteiger partial charge in [0.1, 0.15) is 0 Å². The Bertz CT molecular complexity index is 422. The molecule has 6 heteroatoms. The van der Waals surface area contributed by atoms with E-state index in [4.69, 9.17) is 0 Å². The lowest BCUT2D eigenvalue weighted by Crippen LogP contribution is -2.40. The SMILES string of the molecule is CCC(C)(O)CNC(=O)c1ccnc(F)c1F. The number of carbonyl (C=O) groups is 1. The normalized spacial score (nSPS) is 14.2. The lowest BCUT2D eigenvalue weighted by Gasteiger charge is -2.21. The summed E-state index contributed by atoms with van der Waals surface area (Å²) >= 11 is 0. The monoisotopic (exact) mass is 244 g/mol. The first-order valence-corrected chi connectivity index (χ1v) is 5.18. The molecule has 4 nitrogen and oxygen atoms in total. The van der Waals surface area contributed by atoms with Gasteiger partial charge in [0.25, 0.3) is 5.91 Å². The van der Waals surface area contributed by atoms with Crippen LogP contribution in [0, 0.1) is 11.8 Å². The maximum atomic E-state index is 13.2.